The summed E-state index contributed by atoms with van der Waals surface area (Å²) in [6, 6.07) is 16.3. The van der Waals surface area contributed by atoms with E-state index in [0.29, 0.717) is 17.8 Å². The third-order valence-electron chi connectivity index (χ3n) is 5.11. The zero-order chi connectivity index (χ0) is 23.1. The summed E-state index contributed by atoms with van der Waals surface area (Å²) in [5.74, 6) is 0. The van der Waals surface area contributed by atoms with E-state index in [9.17, 15) is 18.0 Å². The third-order valence-corrected chi connectivity index (χ3v) is 5.11. The molecule has 7 heteroatoms. The highest BCUT2D eigenvalue weighted by molar-refractivity contribution is 5.89. The lowest BCUT2D eigenvalue weighted by atomic mass is 10.1. The highest BCUT2D eigenvalue weighted by Gasteiger charge is 2.30. The Morgan fingerprint density at radius 3 is 2.56 bits per heavy atom. The maximum Gasteiger partial charge on any atom is 0.416 e. The number of carbonyl (C=O) groups excluding carboxylic acids is 1. The molecule has 0 saturated heterocycles. The number of rotatable bonds is 8. The highest BCUT2D eigenvalue weighted by atomic mass is 19.4. The summed E-state index contributed by atoms with van der Waals surface area (Å²) in [5.41, 5.74) is 2.50. The van der Waals surface area contributed by atoms with E-state index in [1.165, 1.54) is 6.07 Å². The normalized spacial score (nSPS) is 11.2. The maximum atomic E-state index is 13.0. The molecule has 0 aliphatic heterocycles. The molecule has 0 spiro atoms. The first-order valence-electron chi connectivity index (χ1n) is 10.4. The minimum atomic E-state index is -4.39. The van der Waals surface area contributed by atoms with Gasteiger partial charge < -0.3 is 14.8 Å². The van der Waals surface area contributed by atoms with Crippen molar-refractivity contribution in [3.63, 3.8) is 0 Å². The Morgan fingerprint density at radius 1 is 1.09 bits per heavy atom. The van der Waals surface area contributed by atoms with E-state index in [1.807, 2.05) is 47.9 Å². The third kappa shape index (κ3) is 6.03. The van der Waals surface area contributed by atoms with E-state index in [-0.39, 0.29) is 19.1 Å². The zero-order valence-corrected chi connectivity index (χ0v) is 17.9. The number of aromatic nitrogens is 1. The van der Waals surface area contributed by atoms with Crippen molar-refractivity contribution in [2.45, 2.75) is 32.6 Å². The summed E-state index contributed by atoms with van der Waals surface area (Å²) in [7, 11) is 0. The number of halogens is 3. The number of nitrogens with zero attached hydrogens (tertiary/aromatic N) is 2. The number of benzene rings is 2. The molecule has 1 N–H and O–H groups in total. The maximum absolute atomic E-state index is 13.0. The molecule has 0 unspecified atom stereocenters. The molecule has 1 heterocycles. The smallest absolute Gasteiger partial charge is 0.345 e. The second-order valence-electron chi connectivity index (χ2n) is 7.48. The molecule has 2 amide bonds. The van der Waals surface area contributed by atoms with Crippen LogP contribution in [0, 0.1) is 0 Å². The largest absolute Gasteiger partial charge is 0.416 e. The second kappa shape index (κ2) is 10.2. The Bertz CT molecular complexity index is 1070. The van der Waals surface area contributed by atoms with Gasteiger partial charge in [-0.2, -0.15) is 13.2 Å². The minimum Gasteiger partial charge on any atom is -0.345 e. The average molecular weight is 441 g/mol. The molecule has 0 aliphatic rings. The van der Waals surface area contributed by atoms with E-state index in [4.69, 9.17) is 0 Å². The van der Waals surface area contributed by atoms with Crippen molar-refractivity contribution in [2.75, 3.05) is 11.9 Å². The summed E-state index contributed by atoms with van der Waals surface area (Å²) < 4.78 is 40.9. The number of hydrogen-bond donors (Lipinski definition) is 1. The molecule has 168 valence electrons. The SMILES string of the molecule is C=CCN(Cc1cccn1Cc1cccc(C(F)(F)F)c1)C(=O)Nc1cccc(CC)c1. The first-order valence-corrected chi connectivity index (χ1v) is 10.4. The molecule has 0 radical (unpaired) electrons. The summed E-state index contributed by atoms with van der Waals surface area (Å²) in [4.78, 5) is 14.5. The predicted molar refractivity (Wildman–Crippen MR) is 120 cm³/mol. The molecular weight excluding hydrogens is 415 g/mol. The van der Waals surface area contributed by atoms with Gasteiger partial charge in [0.1, 0.15) is 0 Å². The van der Waals surface area contributed by atoms with Crippen molar-refractivity contribution < 1.29 is 18.0 Å². The van der Waals surface area contributed by atoms with Crippen molar-refractivity contribution >= 4 is 11.7 Å². The van der Waals surface area contributed by atoms with Gasteiger partial charge in [0.2, 0.25) is 0 Å². The van der Waals surface area contributed by atoms with Crippen molar-refractivity contribution in [1.82, 2.24) is 9.47 Å². The average Bonchev–Trinajstić information content (AvgIpc) is 3.19. The Labute approximate surface area is 186 Å². The molecule has 3 aromatic rings. The number of amides is 2. The Morgan fingerprint density at radius 2 is 1.84 bits per heavy atom. The van der Waals surface area contributed by atoms with Crippen LogP contribution in [0.5, 0.6) is 0 Å². The number of aryl methyl sites for hydroxylation is 1. The summed E-state index contributed by atoms with van der Waals surface area (Å²) >= 11 is 0. The van der Waals surface area contributed by atoms with E-state index < -0.39 is 11.7 Å². The van der Waals surface area contributed by atoms with Crippen molar-refractivity contribution in [2.24, 2.45) is 0 Å². The number of hydrogen-bond acceptors (Lipinski definition) is 1. The Hall–Kier alpha value is -3.48. The van der Waals surface area contributed by atoms with E-state index in [1.54, 1.807) is 23.2 Å². The van der Waals surface area contributed by atoms with Gasteiger partial charge in [-0.25, -0.2) is 4.79 Å². The summed E-state index contributed by atoms with van der Waals surface area (Å²) in [6.45, 7) is 6.67. The number of anilines is 1. The van der Waals surface area contributed by atoms with Crippen molar-refractivity contribution in [3.8, 4) is 0 Å². The van der Waals surface area contributed by atoms with Gasteiger partial charge in [0, 0.05) is 30.7 Å². The van der Waals surface area contributed by atoms with Crippen LogP contribution < -0.4 is 5.32 Å². The molecule has 0 aliphatic carbocycles. The first kappa shape index (κ1) is 23.2. The lowest BCUT2D eigenvalue weighted by Gasteiger charge is -2.23. The monoisotopic (exact) mass is 441 g/mol. The van der Waals surface area contributed by atoms with Crippen LogP contribution in [0.1, 0.15) is 29.3 Å². The quantitative estimate of drug-likeness (QED) is 0.407. The van der Waals surface area contributed by atoms with Gasteiger partial charge in [-0.3, -0.25) is 0 Å². The number of urea groups is 1. The van der Waals surface area contributed by atoms with Gasteiger partial charge in [-0.15, -0.1) is 6.58 Å². The fourth-order valence-corrected chi connectivity index (χ4v) is 3.43. The van der Waals surface area contributed by atoms with Gasteiger partial charge >= 0.3 is 12.2 Å². The van der Waals surface area contributed by atoms with Crippen molar-refractivity contribution in [3.05, 3.63) is 102 Å². The molecule has 0 atom stereocenters. The van der Waals surface area contributed by atoms with Crippen molar-refractivity contribution in [1.29, 1.82) is 0 Å². The van der Waals surface area contributed by atoms with Crippen LogP contribution in [-0.2, 0) is 25.7 Å². The molecule has 2 aromatic carbocycles. The Balaban J connectivity index is 1.74. The highest BCUT2D eigenvalue weighted by Crippen LogP contribution is 2.29. The van der Waals surface area contributed by atoms with Crippen LogP contribution in [0.2, 0.25) is 0 Å². The van der Waals surface area contributed by atoms with Crippen LogP contribution in [0.3, 0.4) is 0 Å². The van der Waals surface area contributed by atoms with Crippen LogP contribution in [0.25, 0.3) is 0 Å². The summed E-state index contributed by atoms with van der Waals surface area (Å²) in [5, 5.41) is 2.91. The van der Waals surface area contributed by atoms with Gasteiger partial charge in [-0.1, -0.05) is 37.3 Å². The molecule has 0 bridgehead atoms. The first-order chi connectivity index (χ1) is 15.3. The van der Waals surface area contributed by atoms with Crippen LogP contribution in [-0.4, -0.2) is 22.0 Å². The second-order valence-corrected chi connectivity index (χ2v) is 7.48. The number of nitrogens with one attached hydrogen (secondary N) is 1. The zero-order valence-electron chi connectivity index (χ0n) is 17.9. The van der Waals surface area contributed by atoms with E-state index in [2.05, 4.69) is 11.9 Å². The van der Waals surface area contributed by atoms with Gasteiger partial charge in [0.15, 0.2) is 0 Å². The molecule has 4 nitrogen and oxygen atoms in total. The molecule has 32 heavy (non-hydrogen) atoms. The van der Waals surface area contributed by atoms with Crippen LogP contribution in [0.15, 0.2) is 79.5 Å². The fourth-order valence-electron chi connectivity index (χ4n) is 3.43. The lowest BCUT2D eigenvalue weighted by molar-refractivity contribution is -0.137. The minimum absolute atomic E-state index is 0.272. The Kier molecular flexibility index (Phi) is 7.41. The lowest BCUT2D eigenvalue weighted by Crippen LogP contribution is -2.35. The van der Waals surface area contributed by atoms with Crippen LogP contribution >= 0.6 is 0 Å². The standard InChI is InChI=1S/C25H26F3N3O/c1-3-13-31(24(32)29-22-11-6-8-19(4-2)16-22)18-23-12-7-14-30(23)17-20-9-5-10-21(15-20)25(26,27)28/h3,5-12,14-16H,1,4,13,17-18H2,2H3,(H,29,32). The number of alkyl halides is 3. The van der Waals surface area contributed by atoms with Gasteiger partial charge in [-0.05, 0) is 53.9 Å². The van der Waals surface area contributed by atoms with E-state index in [0.717, 1.165) is 29.8 Å². The summed E-state index contributed by atoms with van der Waals surface area (Å²) in [6.07, 6.45) is -0.0843. The molecule has 3 rings (SSSR count). The van der Waals surface area contributed by atoms with E-state index >= 15 is 0 Å². The fraction of sp³-hybridized carbons (Fsp3) is 0.240. The number of carbonyl (C=O) groups is 1. The molecule has 0 fully saturated rings. The molecule has 1 aromatic heterocycles. The van der Waals surface area contributed by atoms with Gasteiger partial charge in [0.25, 0.3) is 0 Å². The topological polar surface area (TPSA) is 37.3 Å². The molecule has 0 saturated carbocycles. The van der Waals surface area contributed by atoms with Crippen LogP contribution in [0.4, 0.5) is 23.7 Å². The predicted octanol–water partition coefficient (Wildman–Crippen LogP) is 6.34. The molecular formula is C25H26F3N3O. The van der Waals surface area contributed by atoms with Gasteiger partial charge in [0.05, 0.1) is 12.1 Å².